The number of primary amides is 1. The lowest BCUT2D eigenvalue weighted by atomic mass is 9.78. The van der Waals surface area contributed by atoms with Crippen LogP contribution in [0.4, 0.5) is 4.39 Å². The molecule has 2 aromatic carbocycles. The Morgan fingerprint density at radius 1 is 1.07 bits per heavy atom. The van der Waals surface area contributed by atoms with Crippen LogP contribution in [0.25, 0.3) is 10.9 Å². The molecule has 0 bridgehead atoms. The number of hydrogen-bond acceptors (Lipinski definition) is 5. The summed E-state index contributed by atoms with van der Waals surface area (Å²) in [5.41, 5.74) is 12.9. The molecule has 0 radical (unpaired) electrons. The molecule has 0 saturated carbocycles. The Kier molecular flexibility index (Phi) is 11.7. The number of aromatic amines is 1. The largest absolute Gasteiger partial charge is 0.368 e. The fourth-order valence-corrected chi connectivity index (χ4v) is 6.48. The van der Waals surface area contributed by atoms with Crippen LogP contribution in [-0.4, -0.2) is 52.8 Å². The number of fused-ring (bicyclic) bond motifs is 3. The summed E-state index contributed by atoms with van der Waals surface area (Å²) in [6, 6.07) is 7.32. The highest BCUT2D eigenvalue weighted by molar-refractivity contribution is 6.38. The van der Waals surface area contributed by atoms with Gasteiger partial charge in [-0.2, -0.15) is 0 Å². The minimum Gasteiger partial charge on any atom is -0.368 e. The molecule has 1 aliphatic carbocycles. The van der Waals surface area contributed by atoms with E-state index in [4.69, 9.17) is 34.7 Å². The number of amides is 4. The van der Waals surface area contributed by atoms with Gasteiger partial charge in [0.2, 0.25) is 23.6 Å². The maximum Gasteiger partial charge on any atom is 0.246 e. The molecule has 0 spiro atoms. The molecule has 1 aromatic heterocycles. The molecular weight excluding hydrogens is 634 g/mol. The number of nitrogens with two attached hydrogens (primary N) is 2. The van der Waals surface area contributed by atoms with Gasteiger partial charge in [0.05, 0.1) is 10.5 Å². The topological polar surface area (TPSA) is 172 Å². The quantitative estimate of drug-likeness (QED) is 0.142. The van der Waals surface area contributed by atoms with E-state index in [0.717, 1.165) is 22.2 Å². The van der Waals surface area contributed by atoms with Gasteiger partial charge < -0.3 is 32.4 Å². The van der Waals surface area contributed by atoms with Gasteiger partial charge in [0.25, 0.3) is 0 Å². The summed E-state index contributed by atoms with van der Waals surface area (Å²) < 4.78 is 13.3. The highest BCUT2D eigenvalue weighted by atomic mass is 35.5. The third-order valence-corrected chi connectivity index (χ3v) is 9.03. The molecule has 4 rings (SSSR count). The van der Waals surface area contributed by atoms with Crippen LogP contribution in [0.1, 0.15) is 62.8 Å². The normalized spacial score (nSPS) is 17.3. The second kappa shape index (κ2) is 15.3. The summed E-state index contributed by atoms with van der Waals surface area (Å²) in [5.74, 6) is -2.83. The fourth-order valence-electron chi connectivity index (χ4n) is 5.93. The van der Waals surface area contributed by atoms with Crippen LogP contribution < -0.4 is 27.4 Å². The van der Waals surface area contributed by atoms with Gasteiger partial charge in [0, 0.05) is 28.9 Å². The summed E-state index contributed by atoms with van der Waals surface area (Å²) in [5, 5.41) is 10.2. The summed E-state index contributed by atoms with van der Waals surface area (Å²) in [6.07, 6.45) is 2.59. The van der Waals surface area contributed by atoms with E-state index in [9.17, 15) is 23.6 Å². The number of nitrogens with one attached hydrogen (secondary N) is 4. The average molecular weight is 676 g/mol. The number of hydrogen-bond donors (Lipinski definition) is 6. The first-order valence-electron chi connectivity index (χ1n) is 15.5. The number of aryl methyl sites for hydroxylation is 2. The van der Waals surface area contributed by atoms with E-state index in [1.54, 1.807) is 38.1 Å². The predicted octanol–water partition coefficient (Wildman–Crippen LogP) is 3.83. The third-order valence-electron chi connectivity index (χ3n) is 8.51. The van der Waals surface area contributed by atoms with Crippen molar-refractivity contribution in [2.75, 3.05) is 6.54 Å². The van der Waals surface area contributed by atoms with Crippen molar-refractivity contribution in [2.45, 2.75) is 82.8 Å². The maximum atomic E-state index is 14.1. The second-order valence-electron chi connectivity index (χ2n) is 12.3. The summed E-state index contributed by atoms with van der Waals surface area (Å²) >= 11 is 12.8. The van der Waals surface area contributed by atoms with Crippen LogP contribution in [0.15, 0.2) is 36.4 Å². The highest BCUT2D eigenvalue weighted by Gasteiger charge is 2.46. The molecule has 0 aliphatic heterocycles. The van der Waals surface area contributed by atoms with E-state index in [-0.39, 0.29) is 36.9 Å². The number of halogens is 3. The van der Waals surface area contributed by atoms with E-state index in [0.29, 0.717) is 54.2 Å². The van der Waals surface area contributed by atoms with Gasteiger partial charge in [0.1, 0.15) is 23.4 Å². The zero-order valence-electron chi connectivity index (χ0n) is 26.0. The molecule has 13 heteroatoms. The Labute approximate surface area is 277 Å². The van der Waals surface area contributed by atoms with Crippen molar-refractivity contribution >= 4 is 57.7 Å². The zero-order chi connectivity index (χ0) is 33.6. The van der Waals surface area contributed by atoms with E-state index in [2.05, 4.69) is 20.9 Å². The van der Waals surface area contributed by atoms with E-state index in [1.165, 1.54) is 12.1 Å². The van der Waals surface area contributed by atoms with Gasteiger partial charge >= 0.3 is 0 Å². The molecule has 3 aromatic rings. The van der Waals surface area contributed by atoms with Crippen molar-refractivity contribution < 1.29 is 23.6 Å². The lowest BCUT2D eigenvalue weighted by molar-refractivity contribution is -0.138. The molecule has 1 aliphatic rings. The second-order valence-corrected chi connectivity index (χ2v) is 13.1. The van der Waals surface area contributed by atoms with Crippen molar-refractivity contribution in [1.82, 2.24) is 20.9 Å². The Morgan fingerprint density at radius 2 is 1.78 bits per heavy atom. The Hall–Kier alpha value is -3.67. The van der Waals surface area contributed by atoms with Gasteiger partial charge in [-0.3, -0.25) is 19.2 Å². The molecule has 10 nitrogen and oxygen atoms in total. The SMILES string of the molecule is CC(C)[C@H](NC(=O)[C@@]1(NC(=O)[C@H](CCCCN)NC(=O)CCc2ccc(F)cc2)CCc2[nH]c3c(Cl)cc(Cl)cc3c2C1)C(N)=O. The van der Waals surface area contributed by atoms with Gasteiger partial charge in [0.15, 0.2) is 0 Å². The molecule has 248 valence electrons. The van der Waals surface area contributed by atoms with E-state index in [1.807, 2.05) is 0 Å². The minimum atomic E-state index is -1.48. The summed E-state index contributed by atoms with van der Waals surface area (Å²) in [4.78, 5) is 56.8. The van der Waals surface area contributed by atoms with Gasteiger partial charge in [-0.1, -0.05) is 49.2 Å². The molecule has 0 saturated heterocycles. The molecule has 1 heterocycles. The molecule has 46 heavy (non-hydrogen) atoms. The first kappa shape index (κ1) is 35.2. The Morgan fingerprint density at radius 3 is 2.43 bits per heavy atom. The molecule has 0 fully saturated rings. The summed E-state index contributed by atoms with van der Waals surface area (Å²) in [6.45, 7) is 3.94. The average Bonchev–Trinajstić information content (AvgIpc) is 3.36. The van der Waals surface area contributed by atoms with Crippen LogP contribution in [0.3, 0.4) is 0 Å². The summed E-state index contributed by atoms with van der Waals surface area (Å²) in [7, 11) is 0. The first-order chi connectivity index (χ1) is 21.8. The smallest absolute Gasteiger partial charge is 0.246 e. The standard InChI is InChI=1S/C33H41Cl2FN6O4/c1-18(2)28(30(38)44)41-32(46)33(13-12-25-23(17-33)22-15-20(34)16-24(35)29(22)40-25)42-31(45)26(5-3-4-14-37)39-27(43)11-8-19-6-9-21(36)10-7-19/h6-7,9-10,15-16,18,26,28,40H,3-5,8,11-14,17,37H2,1-2H3,(H2,38,44)(H,39,43)(H,41,46)(H,42,45)/t26-,28-,33+/m0/s1. The van der Waals surface area contributed by atoms with Crippen LogP contribution >= 0.6 is 23.2 Å². The van der Waals surface area contributed by atoms with Crippen molar-refractivity contribution in [3.05, 3.63) is 69.1 Å². The number of rotatable bonds is 14. The lowest BCUT2D eigenvalue weighted by Crippen LogP contribution is -2.66. The molecular formula is C33H41Cl2FN6O4. The number of H-pyrrole nitrogens is 1. The van der Waals surface area contributed by atoms with Crippen LogP contribution in [-0.2, 0) is 38.4 Å². The minimum absolute atomic E-state index is 0.0762. The van der Waals surface area contributed by atoms with Crippen molar-refractivity contribution in [2.24, 2.45) is 17.4 Å². The fraction of sp³-hybridized carbons (Fsp3) is 0.455. The van der Waals surface area contributed by atoms with Gasteiger partial charge in [-0.15, -0.1) is 0 Å². The van der Waals surface area contributed by atoms with Crippen molar-refractivity contribution in [3.63, 3.8) is 0 Å². The lowest BCUT2D eigenvalue weighted by Gasteiger charge is -2.39. The molecule has 4 amide bonds. The van der Waals surface area contributed by atoms with Crippen LogP contribution in [0, 0.1) is 11.7 Å². The number of carbonyl (C=O) groups excluding carboxylic acids is 4. The van der Waals surface area contributed by atoms with Gasteiger partial charge in [-0.25, -0.2) is 4.39 Å². The third kappa shape index (κ3) is 8.37. The predicted molar refractivity (Wildman–Crippen MR) is 177 cm³/mol. The van der Waals surface area contributed by atoms with E-state index >= 15 is 0 Å². The number of unbranched alkanes of at least 4 members (excludes halogenated alkanes) is 1. The van der Waals surface area contributed by atoms with Crippen LogP contribution in [0.2, 0.25) is 10.0 Å². The highest BCUT2D eigenvalue weighted by Crippen LogP contribution is 2.38. The molecule has 0 unspecified atom stereocenters. The monoisotopic (exact) mass is 674 g/mol. The maximum absolute atomic E-state index is 14.1. The van der Waals surface area contributed by atoms with Crippen LogP contribution in [0.5, 0.6) is 0 Å². The molecule has 8 N–H and O–H groups in total. The number of aromatic nitrogens is 1. The Balaban J connectivity index is 1.63. The Bertz CT molecular complexity index is 1590. The molecule has 3 atom stereocenters. The van der Waals surface area contributed by atoms with Crippen molar-refractivity contribution in [3.8, 4) is 0 Å². The van der Waals surface area contributed by atoms with Crippen molar-refractivity contribution in [1.29, 1.82) is 0 Å². The van der Waals surface area contributed by atoms with Gasteiger partial charge in [-0.05, 0) is 86.4 Å². The van der Waals surface area contributed by atoms with E-state index < -0.39 is 35.3 Å². The first-order valence-corrected chi connectivity index (χ1v) is 16.2. The number of carbonyl (C=O) groups is 4. The zero-order valence-corrected chi connectivity index (χ0v) is 27.5. The number of benzene rings is 2.